The van der Waals surface area contributed by atoms with Gasteiger partial charge in [0.15, 0.2) is 6.67 Å². The molecule has 4 nitrogen and oxygen atoms in total. The molecule has 0 atom stereocenters. The molecular formula is C3H5F2N3O. The Hall–Kier alpha value is -1.20. The number of carbonyl (C=O) groups excluding carboxylic acids is 1. The summed E-state index contributed by atoms with van der Waals surface area (Å²) in [5, 5.41) is 3.49. The molecule has 52 valence electrons. The molecule has 0 radical (unpaired) electrons. The van der Waals surface area contributed by atoms with Crippen molar-refractivity contribution in [1.29, 1.82) is 0 Å². The number of amides is 1. The van der Waals surface area contributed by atoms with E-state index in [2.05, 4.69) is 5.73 Å². The van der Waals surface area contributed by atoms with Crippen molar-refractivity contribution in [3.63, 3.8) is 0 Å². The first-order chi connectivity index (χ1) is 4.20. The Labute approximate surface area is 49.7 Å². The molecule has 0 heterocycles. The standard InChI is InChI=1S/C3H5F2N3O/c4-1-2(9)7-3(6)8-5/h1H2,(H3,6,7,8,9). The Bertz CT molecular complexity index is 135. The first-order valence-electron chi connectivity index (χ1n) is 2.01. The molecule has 0 spiro atoms. The number of nitrogens with two attached hydrogens (primary N) is 1. The van der Waals surface area contributed by atoms with Gasteiger partial charge in [0.25, 0.3) is 5.91 Å². The number of hydrogen-bond donors (Lipinski definition) is 2. The third-order valence-electron chi connectivity index (χ3n) is 0.480. The number of carbonyl (C=O) groups is 1. The second kappa shape index (κ2) is 3.76. The van der Waals surface area contributed by atoms with Gasteiger partial charge in [-0.1, -0.05) is 9.70 Å². The zero-order chi connectivity index (χ0) is 7.28. The highest BCUT2D eigenvalue weighted by Crippen LogP contribution is 1.69. The van der Waals surface area contributed by atoms with Crippen LogP contribution in [0.2, 0.25) is 0 Å². The van der Waals surface area contributed by atoms with E-state index in [1.54, 1.807) is 5.32 Å². The van der Waals surface area contributed by atoms with Gasteiger partial charge in [0, 0.05) is 0 Å². The van der Waals surface area contributed by atoms with Gasteiger partial charge >= 0.3 is 0 Å². The van der Waals surface area contributed by atoms with Gasteiger partial charge in [-0.05, 0) is 0 Å². The van der Waals surface area contributed by atoms with Gasteiger partial charge in [-0.2, -0.15) is 0 Å². The average Bonchev–Trinajstić information content (AvgIpc) is 1.87. The van der Waals surface area contributed by atoms with Gasteiger partial charge < -0.3 is 5.73 Å². The lowest BCUT2D eigenvalue weighted by atomic mass is 10.7. The minimum Gasteiger partial charge on any atom is -0.367 e. The quantitative estimate of drug-likeness (QED) is 0.369. The van der Waals surface area contributed by atoms with Crippen LogP contribution in [0.3, 0.4) is 0 Å². The second-order valence-electron chi connectivity index (χ2n) is 1.15. The van der Waals surface area contributed by atoms with Gasteiger partial charge in [0.1, 0.15) is 0 Å². The average molecular weight is 137 g/mol. The first kappa shape index (κ1) is 7.80. The van der Waals surface area contributed by atoms with E-state index in [1.165, 1.54) is 0 Å². The van der Waals surface area contributed by atoms with Crippen LogP contribution in [-0.2, 0) is 4.79 Å². The molecule has 0 aliphatic rings. The molecule has 0 saturated heterocycles. The van der Waals surface area contributed by atoms with Crippen molar-refractivity contribution in [3.8, 4) is 0 Å². The van der Waals surface area contributed by atoms with Crippen molar-refractivity contribution in [3.05, 3.63) is 0 Å². The van der Waals surface area contributed by atoms with Gasteiger partial charge in [0.2, 0.25) is 5.96 Å². The fourth-order valence-electron chi connectivity index (χ4n) is 0.197. The van der Waals surface area contributed by atoms with Crippen LogP contribution in [0.1, 0.15) is 0 Å². The molecule has 0 aliphatic heterocycles. The lowest BCUT2D eigenvalue weighted by Crippen LogP contribution is -2.37. The van der Waals surface area contributed by atoms with E-state index in [9.17, 15) is 13.7 Å². The molecule has 0 aliphatic carbocycles. The van der Waals surface area contributed by atoms with Crippen molar-refractivity contribution in [2.75, 3.05) is 6.67 Å². The van der Waals surface area contributed by atoms with Crippen LogP contribution in [0.15, 0.2) is 5.21 Å². The molecule has 0 aromatic carbocycles. The summed E-state index contributed by atoms with van der Waals surface area (Å²) >= 11 is 0. The zero-order valence-electron chi connectivity index (χ0n) is 4.40. The summed E-state index contributed by atoms with van der Waals surface area (Å²) in [4.78, 5) is 9.97. The molecule has 0 rings (SSSR count). The van der Waals surface area contributed by atoms with Gasteiger partial charge in [-0.15, -0.1) is 0 Å². The predicted molar refractivity (Wildman–Crippen MR) is 26.8 cm³/mol. The second-order valence-corrected chi connectivity index (χ2v) is 1.15. The minimum atomic E-state index is -1.24. The normalized spacial score (nSPS) is 11.1. The van der Waals surface area contributed by atoms with E-state index in [0.29, 0.717) is 0 Å². The smallest absolute Gasteiger partial charge is 0.258 e. The van der Waals surface area contributed by atoms with Crippen molar-refractivity contribution in [1.82, 2.24) is 5.32 Å². The van der Waals surface area contributed by atoms with Crippen LogP contribution < -0.4 is 11.1 Å². The van der Waals surface area contributed by atoms with Crippen LogP contribution in [0.25, 0.3) is 0 Å². The molecular weight excluding hydrogens is 132 g/mol. The summed E-state index contributed by atoms with van der Waals surface area (Å²) in [5.41, 5.74) is 4.63. The maximum atomic E-state index is 11.2. The highest BCUT2D eigenvalue weighted by atomic mass is 19.2. The molecule has 3 N–H and O–H groups in total. The number of hydrogen-bond acceptors (Lipinski definition) is 2. The lowest BCUT2D eigenvalue weighted by Gasteiger charge is -1.94. The Kier molecular flexibility index (Phi) is 3.26. The number of guanidine groups is 1. The van der Waals surface area contributed by atoms with Crippen LogP contribution >= 0.6 is 0 Å². The molecule has 0 aromatic heterocycles. The minimum absolute atomic E-state index is 0.738. The van der Waals surface area contributed by atoms with Crippen molar-refractivity contribution < 1.29 is 13.7 Å². The topological polar surface area (TPSA) is 67.5 Å². The largest absolute Gasteiger partial charge is 0.367 e. The fourth-order valence-corrected chi connectivity index (χ4v) is 0.197. The summed E-state index contributed by atoms with van der Waals surface area (Å²) in [6.07, 6.45) is 0. The molecule has 1 amide bonds. The Morgan fingerprint density at radius 3 is 2.67 bits per heavy atom. The summed E-state index contributed by atoms with van der Waals surface area (Å²) in [6, 6.07) is 0. The fraction of sp³-hybridized carbons (Fsp3) is 0.333. The maximum absolute atomic E-state index is 11.2. The van der Waals surface area contributed by atoms with E-state index in [-0.39, 0.29) is 0 Å². The molecule has 6 heteroatoms. The first-order valence-corrected chi connectivity index (χ1v) is 2.01. The summed E-state index contributed by atoms with van der Waals surface area (Å²) in [5.74, 6) is -1.76. The molecule has 0 unspecified atom stereocenters. The van der Waals surface area contributed by atoms with Crippen LogP contribution in [0.5, 0.6) is 0 Å². The van der Waals surface area contributed by atoms with E-state index in [4.69, 9.17) is 0 Å². The van der Waals surface area contributed by atoms with Crippen molar-refractivity contribution >= 4 is 11.9 Å². The van der Waals surface area contributed by atoms with Gasteiger partial charge in [-0.3, -0.25) is 10.1 Å². The molecule has 0 bridgehead atoms. The monoisotopic (exact) mass is 137 g/mol. The highest BCUT2D eigenvalue weighted by molar-refractivity contribution is 5.96. The summed E-state index contributed by atoms with van der Waals surface area (Å²) in [7, 11) is 0. The highest BCUT2D eigenvalue weighted by Gasteiger charge is 1.99. The molecule has 0 aromatic rings. The summed E-state index contributed by atoms with van der Waals surface area (Å²) < 4.78 is 22.2. The maximum Gasteiger partial charge on any atom is 0.258 e. The molecule has 0 saturated carbocycles. The van der Waals surface area contributed by atoms with E-state index >= 15 is 0 Å². The van der Waals surface area contributed by atoms with Crippen molar-refractivity contribution in [2.24, 2.45) is 10.9 Å². The van der Waals surface area contributed by atoms with E-state index in [1.807, 2.05) is 5.21 Å². The number of alkyl halides is 1. The molecule has 9 heavy (non-hydrogen) atoms. The Morgan fingerprint density at radius 2 is 2.33 bits per heavy atom. The Morgan fingerprint density at radius 1 is 1.78 bits per heavy atom. The van der Waals surface area contributed by atoms with E-state index in [0.717, 1.165) is 0 Å². The zero-order valence-corrected chi connectivity index (χ0v) is 4.40. The summed E-state index contributed by atoms with van der Waals surface area (Å²) in [6.45, 7) is -1.24. The SMILES string of the molecule is N/C(=N\F)NC(=O)CF. The number of nitrogens with zero attached hydrogens (tertiary/aromatic N) is 1. The van der Waals surface area contributed by atoms with Gasteiger partial charge in [0.05, 0.1) is 0 Å². The lowest BCUT2D eigenvalue weighted by molar-refractivity contribution is -0.120. The number of halogens is 2. The van der Waals surface area contributed by atoms with Gasteiger partial charge in [-0.25, -0.2) is 4.39 Å². The third kappa shape index (κ3) is 3.39. The number of nitrogens with one attached hydrogen (secondary N) is 1. The molecule has 0 fully saturated rings. The van der Waals surface area contributed by atoms with E-state index < -0.39 is 18.5 Å². The van der Waals surface area contributed by atoms with Crippen LogP contribution in [0.4, 0.5) is 8.87 Å². The third-order valence-corrected chi connectivity index (χ3v) is 0.480. The number of rotatable bonds is 1. The van der Waals surface area contributed by atoms with Crippen LogP contribution in [0, 0.1) is 0 Å². The van der Waals surface area contributed by atoms with Crippen molar-refractivity contribution in [2.45, 2.75) is 0 Å². The van der Waals surface area contributed by atoms with Crippen LogP contribution in [-0.4, -0.2) is 18.5 Å². The predicted octanol–water partition coefficient (Wildman–Crippen LogP) is -0.729. The Balaban J connectivity index is 3.60.